The van der Waals surface area contributed by atoms with Crippen LogP contribution in [0.5, 0.6) is 11.5 Å². The number of thioether (sulfide) groups is 1. The quantitative estimate of drug-likeness (QED) is 0.441. The summed E-state index contributed by atoms with van der Waals surface area (Å²) in [5, 5.41) is 0.611. The Labute approximate surface area is 168 Å². The molecule has 2 aromatic carbocycles. The number of ether oxygens (including phenoxy) is 2. The second-order valence-electron chi connectivity index (χ2n) is 6.00. The predicted octanol–water partition coefficient (Wildman–Crippen LogP) is 7.53. The standard InChI is InChI=1S/C22H23F3O2S/c1-5-15(3)28-21(16(4)17-7-11-19(12-8-17)26-6-2)27-20-13-9-18(10-14-20)22(23,24)25/h5,7-14H,6H2,1-4H3/b15-5-,21-16+. The SMILES string of the molecule is C/C=C(/C)S/C(Oc1ccc(C(F)(F)F)cc1)=C(\C)c1ccc(OCC)cc1. The van der Waals surface area contributed by atoms with Crippen LogP contribution in [0.2, 0.25) is 0 Å². The lowest BCUT2D eigenvalue weighted by Gasteiger charge is -2.15. The highest BCUT2D eigenvalue weighted by Gasteiger charge is 2.30. The summed E-state index contributed by atoms with van der Waals surface area (Å²) in [5.74, 6) is 1.13. The average Bonchev–Trinajstić information content (AvgIpc) is 2.67. The minimum Gasteiger partial charge on any atom is -0.494 e. The normalized spacial score (nSPS) is 13.2. The summed E-state index contributed by atoms with van der Waals surface area (Å²) >= 11 is 1.43. The van der Waals surface area contributed by atoms with Crippen LogP contribution < -0.4 is 9.47 Å². The molecule has 0 N–H and O–H groups in total. The summed E-state index contributed by atoms with van der Waals surface area (Å²) in [7, 11) is 0. The van der Waals surface area contributed by atoms with Crippen LogP contribution in [0.15, 0.2) is 64.6 Å². The van der Waals surface area contributed by atoms with Crippen molar-refractivity contribution in [2.75, 3.05) is 6.61 Å². The third-order valence-electron chi connectivity index (χ3n) is 3.96. The molecule has 0 saturated heterocycles. The highest BCUT2D eigenvalue weighted by Crippen LogP contribution is 2.36. The van der Waals surface area contributed by atoms with Gasteiger partial charge in [0.05, 0.1) is 12.2 Å². The zero-order valence-corrected chi connectivity index (χ0v) is 17.1. The molecule has 0 unspecified atom stereocenters. The molecule has 0 aliphatic rings. The molecule has 0 fully saturated rings. The van der Waals surface area contributed by atoms with Crippen LogP contribution in [0.25, 0.3) is 5.57 Å². The number of allylic oxidation sites excluding steroid dienone is 3. The van der Waals surface area contributed by atoms with Gasteiger partial charge in [-0.1, -0.05) is 30.0 Å². The van der Waals surface area contributed by atoms with Gasteiger partial charge < -0.3 is 9.47 Å². The molecule has 2 aromatic rings. The molecule has 2 nitrogen and oxygen atoms in total. The third-order valence-corrected chi connectivity index (χ3v) is 5.09. The third kappa shape index (κ3) is 6.09. The van der Waals surface area contributed by atoms with Crippen LogP contribution in [0.4, 0.5) is 13.2 Å². The van der Waals surface area contributed by atoms with Gasteiger partial charge in [0.25, 0.3) is 0 Å². The Bertz CT molecular complexity index is 836. The lowest BCUT2D eigenvalue weighted by molar-refractivity contribution is -0.137. The van der Waals surface area contributed by atoms with Gasteiger partial charge in [-0.25, -0.2) is 0 Å². The summed E-state index contributed by atoms with van der Waals surface area (Å²) in [6.45, 7) is 8.31. The topological polar surface area (TPSA) is 18.5 Å². The fraction of sp³-hybridized carbons (Fsp3) is 0.273. The van der Waals surface area contributed by atoms with Crippen molar-refractivity contribution in [2.45, 2.75) is 33.9 Å². The van der Waals surface area contributed by atoms with E-state index in [1.54, 1.807) is 0 Å². The van der Waals surface area contributed by atoms with Gasteiger partial charge in [-0.15, -0.1) is 0 Å². The smallest absolute Gasteiger partial charge is 0.416 e. The zero-order valence-electron chi connectivity index (χ0n) is 16.3. The largest absolute Gasteiger partial charge is 0.494 e. The molecule has 0 aromatic heterocycles. The van der Waals surface area contributed by atoms with Crippen molar-refractivity contribution in [3.63, 3.8) is 0 Å². The second kappa shape index (κ2) is 9.73. The predicted molar refractivity (Wildman–Crippen MR) is 109 cm³/mol. The maximum absolute atomic E-state index is 12.8. The summed E-state index contributed by atoms with van der Waals surface area (Å²) in [4.78, 5) is 1.02. The Morgan fingerprint density at radius 3 is 2.04 bits per heavy atom. The van der Waals surface area contributed by atoms with Gasteiger partial charge in [-0.2, -0.15) is 13.2 Å². The van der Waals surface area contributed by atoms with Crippen LogP contribution in [-0.2, 0) is 6.18 Å². The van der Waals surface area contributed by atoms with E-state index in [0.717, 1.165) is 33.9 Å². The zero-order chi connectivity index (χ0) is 20.7. The maximum Gasteiger partial charge on any atom is 0.416 e. The van der Waals surface area contributed by atoms with Gasteiger partial charge in [-0.05, 0) is 74.6 Å². The Morgan fingerprint density at radius 2 is 1.54 bits per heavy atom. The van der Waals surface area contributed by atoms with Crippen molar-refractivity contribution >= 4 is 17.3 Å². The lowest BCUT2D eigenvalue weighted by atomic mass is 10.1. The van der Waals surface area contributed by atoms with E-state index in [0.29, 0.717) is 17.4 Å². The van der Waals surface area contributed by atoms with Crippen molar-refractivity contribution < 1.29 is 22.6 Å². The first kappa shape index (κ1) is 22.0. The molecule has 2 rings (SSSR count). The Kier molecular flexibility index (Phi) is 7.63. The van der Waals surface area contributed by atoms with Gasteiger partial charge >= 0.3 is 6.18 Å². The molecule has 0 aliphatic heterocycles. The van der Waals surface area contributed by atoms with Gasteiger partial charge in [0.15, 0.2) is 5.09 Å². The summed E-state index contributed by atoms with van der Waals surface area (Å²) in [6, 6.07) is 12.3. The number of rotatable bonds is 7. The van der Waals surface area contributed by atoms with Crippen LogP contribution in [0, 0.1) is 0 Å². The summed E-state index contributed by atoms with van der Waals surface area (Å²) in [6.07, 6.45) is -2.42. The van der Waals surface area contributed by atoms with E-state index in [2.05, 4.69) is 0 Å². The van der Waals surface area contributed by atoms with Crippen LogP contribution >= 0.6 is 11.8 Å². The maximum atomic E-state index is 12.8. The van der Waals surface area contributed by atoms with Crippen molar-refractivity contribution in [1.29, 1.82) is 0 Å². The Morgan fingerprint density at radius 1 is 0.964 bits per heavy atom. The number of halogens is 3. The molecule has 150 valence electrons. The van der Waals surface area contributed by atoms with E-state index in [4.69, 9.17) is 9.47 Å². The van der Waals surface area contributed by atoms with Crippen molar-refractivity contribution in [3.8, 4) is 11.5 Å². The van der Waals surface area contributed by atoms with Crippen LogP contribution in [-0.4, -0.2) is 6.61 Å². The fourth-order valence-electron chi connectivity index (χ4n) is 2.28. The van der Waals surface area contributed by atoms with Gasteiger partial charge in [0.2, 0.25) is 0 Å². The molecule has 0 aliphatic carbocycles. The molecule has 0 saturated carbocycles. The van der Waals surface area contributed by atoms with Crippen molar-refractivity contribution in [3.05, 3.63) is 75.7 Å². The number of benzene rings is 2. The Balaban J connectivity index is 2.33. The first-order chi connectivity index (χ1) is 13.2. The molecule has 28 heavy (non-hydrogen) atoms. The summed E-state index contributed by atoms with van der Waals surface area (Å²) in [5.41, 5.74) is 1.13. The van der Waals surface area contributed by atoms with E-state index < -0.39 is 11.7 Å². The highest BCUT2D eigenvalue weighted by molar-refractivity contribution is 8.06. The number of alkyl halides is 3. The van der Waals surface area contributed by atoms with Gasteiger partial charge in [0, 0.05) is 5.57 Å². The highest BCUT2D eigenvalue weighted by atomic mass is 32.2. The molecular formula is C22H23F3O2S. The van der Waals surface area contributed by atoms with Crippen LogP contribution in [0.1, 0.15) is 38.8 Å². The fourth-order valence-corrected chi connectivity index (χ4v) is 3.10. The first-order valence-electron chi connectivity index (χ1n) is 8.84. The van der Waals surface area contributed by atoms with E-state index in [9.17, 15) is 13.2 Å². The molecule has 0 heterocycles. The van der Waals surface area contributed by atoms with Gasteiger partial charge in [-0.3, -0.25) is 0 Å². The van der Waals surface area contributed by atoms with Crippen molar-refractivity contribution in [2.24, 2.45) is 0 Å². The molecule has 0 atom stereocenters. The lowest BCUT2D eigenvalue weighted by Crippen LogP contribution is -2.04. The molecule has 0 bridgehead atoms. The first-order valence-corrected chi connectivity index (χ1v) is 9.66. The minimum absolute atomic E-state index is 0.352. The summed E-state index contributed by atoms with van der Waals surface area (Å²) < 4.78 is 49.7. The molecular weight excluding hydrogens is 385 g/mol. The molecule has 0 radical (unpaired) electrons. The number of hydrogen-bond donors (Lipinski definition) is 0. The monoisotopic (exact) mass is 408 g/mol. The molecule has 0 spiro atoms. The van der Waals surface area contributed by atoms with Gasteiger partial charge in [0.1, 0.15) is 11.5 Å². The molecule has 0 amide bonds. The van der Waals surface area contributed by atoms with E-state index in [1.165, 1.54) is 23.9 Å². The van der Waals surface area contributed by atoms with Crippen molar-refractivity contribution in [1.82, 2.24) is 0 Å². The minimum atomic E-state index is -4.37. The number of hydrogen-bond acceptors (Lipinski definition) is 3. The Hall–Kier alpha value is -2.34. The van der Waals surface area contributed by atoms with E-state index in [-0.39, 0.29) is 0 Å². The average molecular weight is 408 g/mol. The van der Waals surface area contributed by atoms with Crippen LogP contribution in [0.3, 0.4) is 0 Å². The van der Waals surface area contributed by atoms with E-state index in [1.807, 2.05) is 58.0 Å². The second-order valence-corrected chi connectivity index (χ2v) is 7.21. The molecule has 6 heteroatoms. The van der Waals surface area contributed by atoms with E-state index >= 15 is 0 Å².